The summed E-state index contributed by atoms with van der Waals surface area (Å²) < 4.78 is 0. The molecule has 0 bridgehead atoms. The number of hydrogen-bond donors (Lipinski definition) is 2. The molecule has 0 aliphatic heterocycles. The van der Waals surface area contributed by atoms with E-state index < -0.39 is 0 Å². The van der Waals surface area contributed by atoms with Gasteiger partial charge in [-0.1, -0.05) is 28.1 Å². The summed E-state index contributed by atoms with van der Waals surface area (Å²) in [5.74, 6) is 0. The molecular weight excluding hydrogens is 228 g/mol. The fourth-order valence-corrected chi connectivity index (χ4v) is 1.43. The summed E-state index contributed by atoms with van der Waals surface area (Å²) in [6.45, 7) is 1.00. The number of benzene rings is 1. The van der Waals surface area contributed by atoms with Gasteiger partial charge in [-0.25, -0.2) is 0 Å². The normalized spacial score (nSPS) is 9.69. The van der Waals surface area contributed by atoms with Gasteiger partial charge in [-0.3, -0.25) is 0 Å². The van der Waals surface area contributed by atoms with Gasteiger partial charge in [0.05, 0.1) is 11.4 Å². The van der Waals surface area contributed by atoms with Crippen molar-refractivity contribution in [1.82, 2.24) is 0 Å². The van der Waals surface area contributed by atoms with Gasteiger partial charge in [0.1, 0.15) is 0 Å². The lowest BCUT2D eigenvalue weighted by Gasteiger charge is -2.10. The third-order valence-corrected chi connectivity index (χ3v) is 2.38. The van der Waals surface area contributed by atoms with E-state index >= 15 is 0 Å². The first-order valence-corrected chi connectivity index (χ1v) is 5.57. The van der Waals surface area contributed by atoms with Crippen molar-refractivity contribution in [3.63, 3.8) is 0 Å². The fourth-order valence-electron chi connectivity index (χ4n) is 1.15. The van der Waals surface area contributed by atoms with Crippen LogP contribution in [0.2, 0.25) is 0 Å². The Balaban J connectivity index is 2.54. The third kappa shape index (κ3) is 3.27. The van der Waals surface area contributed by atoms with Gasteiger partial charge < -0.3 is 10.6 Å². The van der Waals surface area contributed by atoms with Crippen molar-refractivity contribution in [3.8, 4) is 0 Å². The number of rotatable bonds is 5. The number of nitrogens with one attached hydrogen (secondary N) is 2. The van der Waals surface area contributed by atoms with E-state index in [-0.39, 0.29) is 0 Å². The van der Waals surface area contributed by atoms with Crippen LogP contribution in [0.25, 0.3) is 0 Å². The van der Waals surface area contributed by atoms with Gasteiger partial charge in [0.25, 0.3) is 0 Å². The van der Waals surface area contributed by atoms with Crippen LogP contribution in [0.5, 0.6) is 0 Å². The van der Waals surface area contributed by atoms with Crippen molar-refractivity contribution >= 4 is 27.3 Å². The molecule has 0 aromatic heterocycles. The highest BCUT2D eigenvalue weighted by Crippen LogP contribution is 2.19. The van der Waals surface area contributed by atoms with E-state index in [9.17, 15) is 0 Å². The minimum Gasteiger partial charge on any atom is -0.386 e. The average molecular weight is 243 g/mol. The van der Waals surface area contributed by atoms with Crippen molar-refractivity contribution in [3.05, 3.63) is 24.3 Å². The minimum atomic E-state index is 1.00. The van der Waals surface area contributed by atoms with Gasteiger partial charge in [-0.05, 0) is 18.6 Å². The maximum atomic E-state index is 3.40. The van der Waals surface area contributed by atoms with Gasteiger partial charge in [-0.15, -0.1) is 0 Å². The monoisotopic (exact) mass is 242 g/mol. The minimum absolute atomic E-state index is 1.00. The molecule has 3 heteroatoms. The standard InChI is InChI=1S/C10H15BrN2/c1-12-9-5-2-3-6-10(9)13-8-4-7-11/h2-3,5-6,12-13H,4,7-8H2,1H3. The van der Waals surface area contributed by atoms with Crippen LogP contribution in [-0.2, 0) is 0 Å². The number of para-hydroxylation sites is 2. The van der Waals surface area contributed by atoms with Crippen molar-refractivity contribution in [1.29, 1.82) is 0 Å². The number of alkyl halides is 1. The predicted molar refractivity (Wildman–Crippen MR) is 62.9 cm³/mol. The fraction of sp³-hybridized carbons (Fsp3) is 0.400. The zero-order valence-corrected chi connectivity index (χ0v) is 9.39. The van der Waals surface area contributed by atoms with E-state index in [2.05, 4.69) is 38.7 Å². The molecule has 0 saturated heterocycles. The average Bonchev–Trinajstić information content (AvgIpc) is 2.19. The second kappa shape index (κ2) is 5.86. The molecule has 0 spiro atoms. The first-order chi connectivity index (χ1) is 6.38. The molecule has 0 amide bonds. The summed E-state index contributed by atoms with van der Waals surface area (Å²) in [6, 6.07) is 8.22. The van der Waals surface area contributed by atoms with Crippen molar-refractivity contribution in [2.75, 3.05) is 29.6 Å². The highest BCUT2D eigenvalue weighted by molar-refractivity contribution is 9.09. The molecule has 13 heavy (non-hydrogen) atoms. The first kappa shape index (κ1) is 10.4. The van der Waals surface area contributed by atoms with Gasteiger partial charge in [0.15, 0.2) is 0 Å². The Hall–Kier alpha value is -0.700. The molecule has 2 N–H and O–H groups in total. The van der Waals surface area contributed by atoms with Gasteiger partial charge in [0.2, 0.25) is 0 Å². The SMILES string of the molecule is CNc1ccccc1NCCCBr. The molecule has 72 valence electrons. The Labute approximate surface area is 87.9 Å². The largest absolute Gasteiger partial charge is 0.386 e. The molecule has 0 atom stereocenters. The topological polar surface area (TPSA) is 24.1 Å². The molecular formula is C10H15BrN2. The van der Waals surface area contributed by atoms with Gasteiger partial charge in [-0.2, -0.15) is 0 Å². The van der Waals surface area contributed by atoms with E-state index in [4.69, 9.17) is 0 Å². The molecule has 0 saturated carbocycles. The summed E-state index contributed by atoms with van der Waals surface area (Å²) in [4.78, 5) is 0. The molecule has 0 fully saturated rings. The summed E-state index contributed by atoms with van der Waals surface area (Å²) in [5, 5.41) is 7.56. The maximum Gasteiger partial charge on any atom is 0.0575 e. The Morgan fingerprint density at radius 1 is 1.23 bits per heavy atom. The lowest BCUT2D eigenvalue weighted by Crippen LogP contribution is -2.04. The lowest BCUT2D eigenvalue weighted by molar-refractivity contribution is 0.999. The molecule has 0 aliphatic carbocycles. The smallest absolute Gasteiger partial charge is 0.0575 e. The van der Waals surface area contributed by atoms with E-state index in [0.717, 1.165) is 24.0 Å². The van der Waals surface area contributed by atoms with Crippen LogP contribution in [0, 0.1) is 0 Å². The zero-order chi connectivity index (χ0) is 9.52. The molecule has 2 nitrogen and oxygen atoms in total. The van der Waals surface area contributed by atoms with Crippen LogP contribution in [0.1, 0.15) is 6.42 Å². The van der Waals surface area contributed by atoms with Crippen LogP contribution < -0.4 is 10.6 Å². The van der Waals surface area contributed by atoms with E-state index in [0.29, 0.717) is 0 Å². The quantitative estimate of drug-likeness (QED) is 0.613. The summed E-state index contributed by atoms with van der Waals surface area (Å²) >= 11 is 3.40. The van der Waals surface area contributed by atoms with Crippen LogP contribution in [0.3, 0.4) is 0 Å². The molecule has 0 radical (unpaired) electrons. The molecule has 1 aromatic carbocycles. The zero-order valence-electron chi connectivity index (χ0n) is 7.81. The Kier molecular flexibility index (Phi) is 4.68. The molecule has 0 unspecified atom stereocenters. The summed E-state index contributed by atoms with van der Waals surface area (Å²) in [5.41, 5.74) is 2.32. The maximum absolute atomic E-state index is 3.40. The van der Waals surface area contributed by atoms with Crippen molar-refractivity contribution in [2.45, 2.75) is 6.42 Å². The van der Waals surface area contributed by atoms with Crippen LogP contribution >= 0.6 is 15.9 Å². The summed E-state index contributed by atoms with van der Waals surface area (Å²) in [7, 11) is 1.94. The Bertz CT molecular complexity index is 250. The highest BCUT2D eigenvalue weighted by atomic mass is 79.9. The van der Waals surface area contributed by atoms with Crippen molar-refractivity contribution < 1.29 is 0 Å². The molecule has 1 aromatic rings. The second-order valence-electron chi connectivity index (χ2n) is 2.76. The van der Waals surface area contributed by atoms with Crippen LogP contribution in [0.4, 0.5) is 11.4 Å². The van der Waals surface area contributed by atoms with E-state index in [1.165, 1.54) is 5.69 Å². The molecule has 1 rings (SSSR count). The number of halogens is 1. The van der Waals surface area contributed by atoms with E-state index in [1.54, 1.807) is 0 Å². The molecule has 0 aliphatic rings. The second-order valence-corrected chi connectivity index (χ2v) is 3.56. The first-order valence-electron chi connectivity index (χ1n) is 4.45. The predicted octanol–water partition coefficient (Wildman–Crippen LogP) is 2.93. The number of hydrogen-bond acceptors (Lipinski definition) is 2. The van der Waals surface area contributed by atoms with Crippen LogP contribution in [0.15, 0.2) is 24.3 Å². The van der Waals surface area contributed by atoms with Gasteiger partial charge in [0, 0.05) is 18.9 Å². The van der Waals surface area contributed by atoms with Crippen molar-refractivity contribution in [2.24, 2.45) is 0 Å². The lowest BCUT2D eigenvalue weighted by atomic mass is 10.2. The number of anilines is 2. The summed E-state index contributed by atoms with van der Waals surface area (Å²) in [6.07, 6.45) is 1.14. The van der Waals surface area contributed by atoms with Gasteiger partial charge >= 0.3 is 0 Å². The van der Waals surface area contributed by atoms with Crippen LogP contribution in [-0.4, -0.2) is 18.9 Å². The Morgan fingerprint density at radius 2 is 1.92 bits per heavy atom. The highest BCUT2D eigenvalue weighted by Gasteiger charge is 1.96. The van der Waals surface area contributed by atoms with E-state index in [1.807, 2.05) is 19.2 Å². The third-order valence-electron chi connectivity index (χ3n) is 1.82. The molecule has 0 heterocycles. The Morgan fingerprint density at radius 3 is 2.54 bits per heavy atom.